The average Bonchev–Trinajstić information content (AvgIpc) is 2.88. The zero-order chi connectivity index (χ0) is 29.3. The first kappa shape index (κ1) is 29.8. The van der Waals surface area contributed by atoms with Gasteiger partial charge in [0.1, 0.15) is 22.8 Å². The highest BCUT2D eigenvalue weighted by Crippen LogP contribution is 2.40. The van der Waals surface area contributed by atoms with Crippen molar-refractivity contribution in [1.29, 1.82) is 0 Å². The van der Waals surface area contributed by atoms with Crippen molar-refractivity contribution >= 4 is 17.4 Å². The number of rotatable bonds is 8. The number of aryl methyl sites for hydroxylation is 1. The molecule has 0 atom stereocenters. The van der Waals surface area contributed by atoms with E-state index in [0.29, 0.717) is 22.1 Å². The van der Waals surface area contributed by atoms with E-state index in [9.17, 15) is 22.8 Å². The number of benzene rings is 2. The van der Waals surface area contributed by atoms with E-state index in [1.807, 2.05) is 12.1 Å². The van der Waals surface area contributed by atoms with Crippen molar-refractivity contribution in [2.45, 2.75) is 78.5 Å². The summed E-state index contributed by atoms with van der Waals surface area (Å²) >= 11 is 6.39. The van der Waals surface area contributed by atoms with Crippen molar-refractivity contribution in [3.05, 3.63) is 63.5 Å². The van der Waals surface area contributed by atoms with Crippen LogP contribution in [-0.4, -0.2) is 33.0 Å². The highest BCUT2D eigenvalue weighted by Gasteiger charge is 2.51. The zero-order valence-corrected chi connectivity index (χ0v) is 23.7. The maximum atomic E-state index is 13.2. The van der Waals surface area contributed by atoms with Crippen LogP contribution in [0.5, 0.6) is 5.75 Å². The Morgan fingerprint density at radius 2 is 1.73 bits per heavy atom. The monoisotopic (exact) mass is 575 g/mol. The first-order valence-electron chi connectivity index (χ1n) is 13.3. The molecule has 0 bridgehead atoms. The van der Waals surface area contributed by atoms with Gasteiger partial charge in [0.05, 0.1) is 11.1 Å². The minimum absolute atomic E-state index is 0.0740. The Kier molecular flexibility index (Phi) is 8.45. The molecule has 1 aliphatic carbocycles. The molecular weight excluding hydrogens is 543 g/mol. The van der Waals surface area contributed by atoms with Gasteiger partial charge in [-0.25, -0.2) is 9.78 Å². The minimum Gasteiger partial charge on any atom is -0.490 e. The smallest absolute Gasteiger partial charge is 0.400 e. The number of nitrogens with zero attached hydrogens (tertiary/aromatic N) is 2. The number of alkyl halides is 3. The molecule has 0 aliphatic heterocycles. The Balaban J connectivity index is 1.51. The van der Waals surface area contributed by atoms with Crippen LogP contribution in [-0.2, 0) is 11.2 Å². The average molecular weight is 576 g/mol. The molecule has 1 fully saturated rings. The summed E-state index contributed by atoms with van der Waals surface area (Å²) < 4.78 is 45.8. The largest absolute Gasteiger partial charge is 0.490 e. The van der Waals surface area contributed by atoms with Crippen LogP contribution in [0.3, 0.4) is 0 Å². The molecule has 10 heteroatoms. The molecule has 214 valence electrons. The Morgan fingerprint density at radius 1 is 1.07 bits per heavy atom. The molecule has 2 aromatic carbocycles. The summed E-state index contributed by atoms with van der Waals surface area (Å²) in [5, 5.41) is 0.283. The van der Waals surface area contributed by atoms with Gasteiger partial charge in [-0.2, -0.15) is 18.2 Å². The number of hydrogen-bond donors (Lipinski definition) is 1. The second-order valence-corrected chi connectivity index (χ2v) is 12.1. The molecule has 0 radical (unpaired) electrons. The molecule has 1 aliphatic rings. The van der Waals surface area contributed by atoms with Gasteiger partial charge < -0.3 is 4.74 Å². The standard InChI is InChI=1S/C30H33ClF3N3O3/c1-28(2)15-13-21(14-16-28)40-20-9-7-19(8-10-20)25-35-26(37-27(39)36-25)22-17-18(5-11-23(22)31)6-12-24(38)29(3,4)30(32,33)34/h5,7-11,17,21H,6,12-16H2,1-4H3,(H,35,36,37,39). The quantitative estimate of drug-likeness (QED) is 0.299. The van der Waals surface area contributed by atoms with Crippen LogP contribution in [0.25, 0.3) is 22.8 Å². The molecule has 40 heavy (non-hydrogen) atoms. The van der Waals surface area contributed by atoms with E-state index >= 15 is 0 Å². The topological polar surface area (TPSA) is 84.9 Å². The second kappa shape index (κ2) is 11.4. The van der Waals surface area contributed by atoms with E-state index in [2.05, 4.69) is 28.8 Å². The van der Waals surface area contributed by atoms with Crippen molar-refractivity contribution < 1.29 is 22.7 Å². The molecule has 1 heterocycles. The van der Waals surface area contributed by atoms with Gasteiger partial charge in [0.2, 0.25) is 0 Å². The number of Topliss-reactive ketones (excluding diaryl/α,β-unsaturated/α-hetero) is 1. The van der Waals surface area contributed by atoms with Gasteiger partial charge in [0, 0.05) is 17.5 Å². The van der Waals surface area contributed by atoms with Gasteiger partial charge in [-0.05, 0) is 93.3 Å². The molecular formula is C30H33ClF3N3O3. The van der Waals surface area contributed by atoms with Crippen LogP contribution in [0.2, 0.25) is 5.02 Å². The fourth-order valence-corrected chi connectivity index (χ4v) is 4.85. The summed E-state index contributed by atoms with van der Waals surface area (Å²) in [7, 11) is 0. The van der Waals surface area contributed by atoms with Crippen LogP contribution in [0.4, 0.5) is 13.2 Å². The van der Waals surface area contributed by atoms with Crippen molar-refractivity contribution in [2.24, 2.45) is 10.8 Å². The summed E-state index contributed by atoms with van der Waals surface area (Å²) in [4.78, 5) is 35.8. The number of ketones is 1. The summed E-state index contributed by atoms with van der Waals surface area (Å²) in [6.45, 7) is 6.31. The predicted octanol–water partition coefficient (Wildman–Crippen LogP) is 7.59. The number of nitrogens with one attached hydrogen (secondary N) is 1. The first-order valence-corrected chi connectivity index (χ1v) is 13.7. The molecule has 0 amide bonds. The first-order chi connectivity index (χ1) is 18.6. The number of aromatic nitrogens is 3. The Bertz CT molecular complexity index is 1420. The molecule has 3 aromatic rings. The summed E-state index contributed by atoms with van der Waals surface area (Å²) in [6, 6.07) is 12.0. The lowest BCUT2D eigenvalue weighted by Crippen LogP contribution is -2.39. The third-order valence-corrected chi connectivity index (χ3v) is 8.01. The number of ether oxygens (including phenoxy) is 1. The second-order valence-electron chi connectivity index (χ2n) is 11.7. The predicted molar refractivity (Wildman–Crippen MR) is 148 cm³/mol. The van der Waals surface area contributed by atoms with Crippen LogP contribution in [0, 0.1) is 10.8 Å². The fraction of sp³-hybridized carbons (Fsp3) is 0.467. The van der Waals surface area contributed by atoms with Crippen LogP contribution in [0.1, 0.15) is 65.4 Å². The van der Waals surface area contributed by atoms with Crippen LogP contribution < -0.4 is 10.4 Å². The van der Waals surface area contributed by atoms with E-state index in [1.54, 1.807) is 30.3 Å². The number of carbonyl (C=O) groups excluding carboxylic acids is 1. The van der Waals surface area contributed by atoms with Gasteiger partial charge in [-0.1, -0.05) is 31.5 Å². The highest BCUT2D eigenvalue weighted by atomic mass is 35.5. The zero-order valence-electron chi connectivity index (χ0n) is 23.0. The van der Waals surface area contributed by atoms with Crippen molar-refractivity contribution in [3.8, 4) is 28.5 Å². The Morgan fingerprint density at radius 3 is 2.35 bits per heavy atom. The minimum atomic E-state index is -4.64. The Labute approximate surface area is 236 Å². The van der Waals surface area contributed by atoms with E-state index in [1.165, 1.54) is 0 Å². The third kappa shape index (κ3) is 6.92. The molecule has 0 unspecified atom stereocenters. The number of H-pyrrole nitrogens is 1. The maximum absolute atomic E-state index is 13.2. The van der Waals surface area contributed by atoms with Crippen molar-refractivity contribution in [2.75, 3.05) is 0 Å². The van der Waals surface area contributed by atoms with Crippen molar-refractivity contribution in [1.82, 2.24) is 15.0 Å². The van der Waals surface area contributed by atoms with Gasteiger partial charge in [-0.15, -0.1) is 0 Å². The highest BCUT2D eigenvalue weighted by molar-refractivity contribution is 6.33. The Hall–Kier alpha value is -3.20. The molecule has 1 aromatic heterocycles. The molecule has 0 saturated heterocycles. The molecule has 1 N–H and O–H groups in total. The number of hydrogen-bond acceptors (Lipinski definition) is 5. The molecule has 4 rings (SSSR count). The van der Waals surface area contributed by atoms with Crippen molar-refractivity contribution in [3.63, 3.8) is 0 Å². The molecule has 1 saturated carbocycles. The SMILES string of the molecule is CC1(C)CCC(Oc2ccc(-c3nc(-c4cc(CCC(=O)C(C)(C)C(F)(F)F)ccc4Cl)[nH]c(=O)n3)cc2)CC1. The van der Waals surface area contributed by atoms with Gasteiger partial charge in [0.25, 0.3) is 0 Å². The summed E-state index contributed by atoms with van der Waals surface area (Å²) in [6.07, 6.45) is -0.451. The van der Waals surface area contributed by atoms with Crippen LogP contribution >= 0.6 is 11.6 Å². The maximum Gasteiger partial charge on any atom is 0.400 e. The summed E-state index contributed by atoms with van der Waals surface area (Å²) in [5.41, 5.74) is -1.15. The molecule has 6 nitrogen and oxygen atoms in total. The fourth-order valence-electron chi connectivity index (χ4n) is 4.64. The van der Waals surface area contributed by atoms with Gasteiger partial charge in [0.15, 0.2) is 5.82 Å². The summed E-state index contributed by atoms with van der Waals surface area (Å²) in [5.74, 6) is 0.175. The van der Waals surface area contributed by atoms with E-state index in [-0.39, 0.29) is 35.6 Å². The van der Waals surface area contributed by atoms with Gasteiger partial charge in [-0.3, -0.25) is 9.78 Å². The number of carbonyl (C=O) groups is 1. The lowest BCUT2D eigenvalue weighted by Gasteiger charge is -2.34. The lowest BCUT2D eigenvalue weighted by atomic mass is 9.76. The normalized spacial score (nSPS) is 16.1. The molecule has 0 spiro atoms. The van der Waals surface area contributed by atoms with Gasteiger partial charge >= 0.3 is 11.9 Å². The van der Waals surface area contributed by atoms with Crippen LogP contribution in [0.15, 0.2) is 47.3 Å². The third-order valence-electron chi connectivity index (χ3n) is 7.68. The van der Waals surface area contributed by atoms with E-state index in [0.717, 1.165) is 45.3 Å². The van der Waals surface area contributed by atoms with E-state index in [4.69, 9.17) is 16.3 Å². The number of aromatic amines is 1. The van der Waals surface area contributed by atoms with E-state index < -0.39 is 23.1 Å². The number of halogens is 4. The lowest BCUT2D eigenvalue weighted by molar-refractivity contribution is -0.210.